The van der Waals surface area contributed by atoms with Crippen molar-refractivity contribution < 1.29 is 9.53 Å². The minimum atomic E-state index is -0.514. The Balaban J connectivity index is 0.00000281. The van der Waals surface area contributed by atoms with Crippen LogP contribution in [0.15, 0.2) is 33.4 Å². The van der Waals surface area contributed by atoms with Gasteiger partial charge in [0, 0.05) is 18.6 Å². The number of hydrogen-bond acceptors (Lipinski definition) is 9. The van der Waals surface area contributed by atoms with Crippen LogP contribution in [0.4, 0.5) is 10.6 Å². The van der Waals surface area contributed by atoms with Crippen molar-refractivity contribution in [2.24, 2.45) is 27.1 Å². The van der Waals surface area contributed by atoms with Gasteiger partial charge in [-0.15, -0.1) is 5.11 Å². The number of nitrogens with zero attached hydrogens (tertiary/aromatic N) is 5. The van der Waals surface area contributed by atoms with Gasteiger partial charge in [0.2, 0.25) is 0 Å². The molecule has 0 spiro atoms. The van der Waals surface area contributed by atoms with Gasteiger partial charge in [-0.3, -0.25) is 5.14 Å². The molecule has 1 aromatic rings. The van der Waals surface area contributed by atoms with Crippen LogP contribution in [0.3, 0.4) is 0 Å². The molecule has 1 atom stereocenters. The molecule has 1 aliphatic rings. The van der Waals surface area contributed by atoms with Crippen molar-refractivity contribution in [3.63, 3.8) is 0 Å². The standard InChI is InChI=1S/C21H36N8O2S.C2H6/c1-20(2,3)31-19(30)29-13-15(12-21(29,4)5)8-7-11-28(14-16(26-22)27-23)17-9-6-10-18(25-17)32-24;1-2/h6,9-10,15,22H,7-8,11-14,23-24H2,1-5H3;1-2H3/b26-22?,27-16-;. The second-order valence-corrected chi connectivity index (χ2v) is 10.3. The van der Waals surface area contributed by atoms with Crippen LogP contribution >= 0.6 is 11.9 Å². The summed E-state index contributed by atoms with van der Waals surface area (Å²) >= 11 is 1.08. The maximum absolute atomic E-state index is 12.7. The molecule has 2 heterocycles. The second-order valence-electron chi connectivity index (χ2n) is 9.65. The molecular formula is C23H42N8O2S. The highest BCUT2D eigenvalue weighted by atomic mass is 32.2. The monoisotopic (exact) mass is 494 g/mol. The fourth-order valence-corrected chi connectivity index (χ4v) is 4.29. The van der Waals surface area contributed by atoms with E-state index in [1.165, 1.54) is 0 Å². The number of ether oxygens (including phenoxy) is 1. The zero-order valence-corrected chi connectivity index (χ0v) is 22.5. The Bertz CT molecular complexity index is 825. The second kappa shape index (κ2) is 13.5. The lowest BCUT2D eigenvalue weighted by molar-refractivity contribution is 0.0131. The third-order valence-electron chi connectivity index (χ3n) is 5.38. The molecule has 0 aromatic carbocycles. The number of amidine groups is 1. The van der Waals surface area contributed by atoms with Gasteiger partial charge in [-0.25, -0.2) is 15.3 Å². The number of amides is 1. The summed E-state index contributed by atoms with van der Waals surface area (Å²) in [5.41, 5.74) is 6.51. The van der Waals surface area contributed by atoms with Gasteiger partial charge in [0.15, 0.2) is 5.84 Å². The summed E-state index contributed by atoms with van der Waals surface area (Å²) in [7, 11) is 0. The Kier molecular flexibility index (Phi) is 11.7. The summed E-state index contributed by atoms with van der Waals surface area (Å²) in [6.45, 7) is 15.5. The molecule has 0 aliphatic carbocycles. The number of anilines is 1. The van der Waals surface area contributed by atoms with Crippen molar-refractivity contribution >= 4 is 29.7 Å². The molecule has 5 N–H and O–H groups in total. The van der Waals surface area contributed by atoms with Crippen LogP contribution < -0.4 is 15.9 Å². The first-order valence-electron chi connectivity index (χ1n) is 11.7. The SMILES string of the molecule is CC.CC(C)(C)OC(=O)N1CC(CCCN(C/C(N=N)=N/N)c2cccc(SN)n2)CC1(C)C. The van der Waals surface area contributed by atoms with E-state index in [-0.39, 0.29) is 24.0 Å². The molecule has 1 fully saturated rings. The highest BCUT2D eigenvalue weighted by Gasteiger charge is 2.42. The highest BCUT2D eigenvalue weighted by molar-refractivity contribution is 7.97. The maximum atomic E-state index is 12.7. The number of pyridine rings is 1. The number of rotatable bonds is 8. The van der Waals surface area contributed by atoms with Gasteiger partial charge < -0.3 is 20.4 Å². The van der Waals surface area contributed by atoms with E-state index >= 15 is 0 Å². The van der Waals surface area contributed by atoms with Crippen LogP contribution in [0, 0.1) is 11.4 Å². The Morgan fingerprint density at radius 3 is 2.62 bits per heavy atom. The van der Waals surface area contributed by atoms with Crippen LogP contribution in [0.1, 0.15) is 67.7 Å². The number of likely N-dealkylation sites (tertiary alicyclic amines) is 1. The molecule has 0 radical (unpaired) electrons. The topological polar surface area (TPSA) is 146 Å². The molecule has 192 valence electrons. The van der Waals surface area contributed by atoms with E-state index in [4.69, 9.17) is 21.2 Å². The summed E-state index contributed by atoms with van der Waals surface area (Å²) in [6, 6.07) is 5.62. The Hall–Kier alpha value is -2.40. The Labute approximate surface area is 208 Å². The average Bonchev–Trinajstić information content (AvgIpc) is 3.10. The van der Waals surface area contributed by atoms with Crippen LogP contribution in [0.25, 0.3) is 0 Å². The van der Waals surface area contributed by atoms with E-state index in [1.807, 2.05) is 62.6 Å². The molecule has 10 nitrogen and oxygen atoms in total. The summed E-state index contributed by atoms with van der Waals surface area (Å²) < 4.78 is 5.60. The van der Waals surface area contributed by atoms with Gasteiger partial charge in [-0.2, -0.15) is 5.10 Å². The molecule has 0 saturated carbocycles. The highest BCUT2D eigenvalue weighted by Crippen LogP contribution is 2.36. The molecule has 1 amide bonds. The number of hydrazone groups is 1. The zero-order valence-electron chi connectivity index (χ0n) is 21.7. The number of carbonyl (C=O) groups is 1. The van der Waals surface area contributed by atoms with Crippen LogP contribution in [-0.4, -0.2) is 52.6 Å². The molecule has 0 bridgehead atoms. The molecule has 2 rings (SSSR count). The predicted molar refractivity (Wildman–Crippen MR) is 139 cm³/mol. The van der Waals surface area contributed by atoms with Gasteiger partial charge in [-0.05, 0) is 83.9 Å². The normalized spacial score (nSPS) is 17.6. The first-order valence-corrected chi connectivity index (χ1v) is 12.6. The predicted octanol–water partition coefficient (Wildman–Crippen LogP) is 5.00. The zero-order chi connectivity index (χ0) is 25.9. The molecule has 34 heavy (non-hydrogen) atoms. The summed E-state index contributed by atoms with van der Waals surface area (Å²) in [6.07, 6.45) is 2.48. The van der Waals surface area contributed by atoms with Crippen molar-refractivity contribution in [3.8, 4) is 0 Å². The third-order valence-corrected chi connectivity index (χ3v) is 5.85. The Morgan fingerprint density at radius 1 is 1.38 bits per heavy atom. The van der Waals surface area contributed by atoms with E-state index < -0.39 is 5.60 Å². The van der Waals surface area contributed by atoms with Gasteiger partial charge in [0.1, 0.15) is 16.4 Å². The fraction of sp³-hybridized carbons (Fsp3) is 0.696. The quantitative estimate of drug-likeness (QED) is 0.115. The number of hydrogen-bond donors (Lipinski definition) is 3. The molecule has 1 saturated heterocycles. The lowest BCUT2D eigenvalue weighted by atomic mass is 9.93. The van der Waals surface area contributed by atoms with Crippen LogP contribution in [-0.2, 0) is 4.74 Å². The molecular weight excluding hydrogens is 452 g/mol. The van der Waals surface area contributed by atoms with Gasteiger partial charge in [-0.1, -0.05) is 19.9 Å². The fourth-order valence-electron chi connectivity index (χ4n) is 3.99. The molecule has 1 aromatic heterocycles. The minimum absolute atomic E-state index is 0.218. The molecule has 11 heteroatoms. The lowest BCUT2D eigenvalue weighted by Gasteiger charge is -2.33. The van der Waals surface area contributed by atoms with Gasteiger partial charge in [0.05, 0.1) is 6.54 Å². The van der Waals surface area contributed by atoms with E-state index in [9.17, 15) is 4.79 Å². The van der Waals surface area contributed by atoms with E-state index in [0.717, 1.165) is 37.0 Å². The van der Waals surface area contributed by atoms with E-state index in [1.54, 1.807) is 0 Å². The summed E-state index contributed by atoms with van der Waals surface area (Å²) in [5, 5.41) is 13.3. The van der Waals surface area contributed by atoms with Crippen LogP contribution in [0.5, 0.6) is 0 Å². The first kappa shape index (κ1) is 29.6. The Morgan fingerprint density at radius 2 is 2.06 bits per heavy atom. The van der Waals surface area contributed by atoms with Crippen molar-refractivity contribution in [2.75, 3.05) is 24.5 Å². The smallest absolute Gasteiger partial charge is 0.410 e. The minimum Gasteiger partial charge on any atom is -0.444 e. The van der Waals surface area contributed by atoms with Crippen molar-refractivity contribution in [1.29, 1.82) is 5.53 Å². The maximum Gasteiger partial charge on any atom is 0.410 e. The lowest BCUT2D eigenvalue weighted by Crippen LogP contribution is -2.45. The summed E-state index contributed by atoms with van der Waals surface area (Å²) in [4.78, 5) is 21.1. The number of nitrogens with one attached hydrogen (secondary N) is 1. The van der Waals surface area contributed by atoms with Crippen molar-refractivity contribution in [2.45, 2.75) is 83.9 Å². The summed E-state index contributed by atoms with van der Waals surface area (Å²) in [5.74, 6) is 6.69. The number of carbonyl (C=O) groups excluding carboxylic acids is 1. The number of aromatic nitrogens is 1. The first-order chi connectivity index (χ1) is 16.0. The third kappa shape index (κ3) is 9.09. The van der Waals surface area contributed by atoms with Gasteiger partial charge in [0.25, 0.3) is 0 Å². The van der Waals surface area contributed by atoms with Crippen molar-refractivity contribution in [1.82, 2.24) is 9.88 Å². The van der Waals surface area contributed by atoms with Crippen LogP contribution in [0.2, 0.25) is 0 Å². The average molecular weight is 495 g/mol. The number of nitrogens with two attached hydrogens (primary N) is 2. The molecule has 1 aliphatic heterocycles. The van der Waals surface area contributed by atoms with E-state index in [0.29, 0.717) is 24.0 Å². The molecule has 1 unspecified atom stereocenters. The largest absolute Gasteiger partial charge is 0.444 e. The van der Waals surface area contributed by atoms with E-state index in [2.05, 4.69) is 29.0 Å². The van der Waals surface area contributed by atoms with Crippen molar-refractivity contribution in [3.05, 3.63) is 18.2 Å². The van der Waals surface area contributed by atoms with Gasteiger partial charge >= 0.3 is 6.09 Å².